The van der Waals surface area contributed by atoms with Crippen LogP contribution in [0.4, 0.5) is 0 Å². The summed E-state index contributed by atoms with van der Waals surface area (Å²) in [5, 5.41) is 0. The Bertz CT molecular complexity index is 384. The summed E-state index contributed by atoms with van der Waals surface area (Å²) in [5.74, 6) is 0.920. The Morgan fingerprint density at radius 2 is 2.12 bits per heavy atom. The lowest BCUT2D eigenvalue weighted by molar-refractivity contribution is -0.0702. The van der Waals surface area contributed by atoms with Crippen LogP contribution >= 0.6 is 0 Å². The van der Waals surface area contributed by atoms with Crippen LogP contribution in [0, 0.1) is 6.92 Å². The van der Waals surface area contributed by atoms with Crippen LogP contribution < -0.4 is 10.5 Å². The van der Waals surface area contributed by atoms with Crippen molar-refractivity contribution in [3.8, 4) is 5.75 Å². The SMILES string of the molecule is COc1ccc(C2(C(C)N)COC2)cc1C. The van der Waals surface area contributed by atoms with Gasteiger partial charge in [-0.3, -0.25) is 0 Å². The third kappa shape index (κ3) is 1.60. The van der Waals surface area contributed by atoms with E-state index in [-0.39, 0.29) is 11.5 Å². The first-order valence-corrected chi connectivity index (χ1v) is 5.58. The molecule has 3 nitrogen and oxygen atoms in total. The molecule has 2 rings (SSSR count). The predicted octanol–water partition coefficient (Wildman–Crippen LogP) is 1.62. The van der Waals surface area contributed by atoms with Crippen molar-refractivity contribution >= 4 is 0 Å². The molecule has 1 aliphatic rings. The van der Waals surface area contributed by atoms with Crippen molar-refractivity contribution in [3.63, 3.8) is 0 Å². The summed E-state index contributed by atoms with van der Waals surface area (Å²) in [7, 11) is 1.69. The molecule has 16 heavy (non-hydrogen) atoms. The molecule has 3 heteroatoms. The van der Waals surface area contributed by atoms with Gasteiger partial charge in [-0.15, -0.1) is 0 Å². The van der Waals surface area contributed by atoms with Crippen LogP contribution in [0.3, 0.4) is 0 Å². The summed E-state index contributed by atoms with van der Waals surface area (Å²) in [6.45, 7) is 5.53. The second-order valence-electron chi connectivity index (χ2n) is 4.62. The summed E-state index contributed by atoms with van der Waals surface area (Å²) >= 11 is 0. The number of hydrogen-bond acceptors (Lipinski definition) is 3. The summed E-state index contributed by atoms with van der Waals surface area (Å²) < 4.78 is 10.6. The van der Waals surface area contributed by atoms with Crippen LogP contribution in [0.2, 0.25) is 0 Å². The maximum Gasteiger partial charge on any atom is 0.121 e. The number of nitrogens with two attached hydrogens (primary N) is 1. The third-order valence-electron chi connectivity index (χ3n) is 3.56. The van der Waals surface area contributed by atoms with Crippen molar-refractivity contribution in [1.29, 1.82) is 0 Å². The number of benzene rings is 1. The van der Waals surface area contributed by atoms with Crippen LogP contribution in [0.15, 0.2) is 18.2 Å². The van der Waals surface area contributed by atoms with Crippen molar-refractivity contribution in [1.82, 2.24) is 0 Å². The highest BCUT2D eigenvalue weighted by Crippen LogP contribution is 2.36. The molecule has 0 saturated carbocycles. The Morgan fingerprint density at radius 3 is 2.50 bits per heavy atom. The number of aryl methyl sites for hydroxylation is 1. The molecule has 0 amide bonds. The maximum atomic E-state index is 6.07. The number of hydrogen-bond donors (Lipinski definition) is 1. The van der Waals surface area contributed by atoms with E-state index < -0.39 is 0 Å². The first kappa shape index (κ1) is 11.4. The maximum absolute atomic E-state index is 6.07. The molecule has 0 radical (unpaired) electrons. The van der Waals surface area contributed by atoms with Gasteiger partial charge >= 0.3 is 0 Å². The lowest BCUT2D eigenvalue weighted by Gasteiger charge is -2.45. The van der Waals surface area contributed by atoms with Gasteiger partial charge in [-0.25, -0.2) is 0 Å². The Morgan fingerprint density at radius 1 is 1.44 bits per heavy atom. The molecule has 1 heterocycles. The second-order valence-corrected chi connectivity index (χ2v) is 4.62. The van der Waals surface area contributed by atoms with Crippen LogP contribution in [0.1, 0.15) is 18.1 Å². The predicted molar refractivity (Wildman–Crippen MR) is 63.9 cm³/mol. The first-order chi connectivity index (χ1) is 7.60. The Kier molecular flexibility index (Phi) is 2.91. The smallest absolute Gasteiger partial charge is 0.121 e. The van der Waals surface area contributed by atoms with E-state index in [2.05, 4.69) is 19.1 Å². The topological polar surface area (TPSA) is 44.5 Å². The van der Waals surface area contributed by atoms with Crippen molar-refractivity contribution in [2.24, 2.45) is 5.73 Å². The van der Waals surface area contributed by atoms with E-state index in [0.29, 0.717) is 0 Å². The highest BCUT2D eigenvalue weighted by atomic mass is 16.5. The lowest BCUT2D eigenvalue weighted by Crippen LogP contribution is -2.57. The van der Waals surface area contributed by atoms with Crippen LogP contribution in [-0.2, 0) is 10.2 Å². The average Bonchev–Trinajstić information content (AvgIpc) is 2.15. The minimum Gasteiger partial charge on any atom is -0.496 e. The van der Waals surface area contributed by atoms with Gasteiger partial charge in [0.05, 0.1) is 25.7 Å². The normalized spacial score (nSPS) is 20.0. The number of methoxy groups -OCH3 is 1. The van der Waals surface area contributed by atoms with Gasteiger partial charge in [-0.2, -0.15) is 0 Å². The summed E-state index contributed by atoms with van der Waals surface area (Å²) in [6, 6.07) is 6.37. The monoisotopic (exact) mass is 221 g/mol. The fraction of sp³-hybridized carbons (Fsp3) is 0.538. The molecule has 1 fully saturated rings. The fourth-order valence-electron chi connectivity index (χ4n) is 2.20. The van der Waals surface area contributed by atoms with Gasteiger partial charge < -0.3 is 15.2 Å². The fourth-order valence-corrected chi connectivity index (χ4v) is 2.20. The second kappa shape index (κ2) is 4.07. The summed E-state index contributed by atoms with van der Waals surface area (Å²) in [6.07, 6.45) is 0. The molecule has 88 valence electrons. The molecular formula is C13H19NO2. The average molecular weight is 221 g/mol. The van der Waals surface area contributed by atoms with E-state index in [0.717, 1.165) is 24.5 Å². The zero-order chi connectivity index (χ0) is 11.8. The molecule has 1 aromatic carbocycles. The van der Waals surface area contributed by atoms with Crippen molar-refractivity contribution in [3.05, 3.63) is 29.3 Å². The molecule has 1 aromatic rings. The van der Waals surface area contributed by atoms with Crippen molar-refractivity contribution in [2.75, 3.05) is 20.3 Å². The van der Waals surface area contributed by atoms with Gasteiger partial charge in [-0.05, 0) is 31.0 Å². The lowest BCUT2D eigenvalue weighted by atomic mass is 9.73. The van der Waals surface area contributed by atoms with E-state index in [1.54, 1.807) is 7.11 Å². The summed E-state index contributed by atoms with van der Waals surface area (Å²) in [4.78, 5) is 0. The number of rotatable bonds is 3. The van der Waals surface area contributed by atoms with E-state index >= 15 is 0 Å². The largest absolute Gasteiger partial charge is 0.496 e. The van der Waals surface area contributed by atoms with Gasteiger partial charge in [0.2, 0.25) is 0 Å². The van der Waals surface area contributed by atoms with Gasteiger partial charge in [0.1, 0.15) is 5.75 Å². The molecule has 0 spiro atoms. The molecule has 1 atom stereocenters. The molecule has 1 unspecified atom stereocenters. The highest BCUT2D eigenvalue weighted by Gasteiger charge is 2.43. The molecule has 1 aliphatic heterocycles. The van der Waals surface area contributed by atoms with Crippen LogP contribution in [-0.4, -0.2) is 26.4 Å². The van der Waals surface area contributed by atoms with Gasteiger partial charge in [-0.1, -0.05) is 12.1 Å². The van der Waals surface area contributed by atoms with Gasteiger partial charge in [0, 0.05) is 6.04 Å². The number of ether oxygens (including phenoxy) is 2. The zero-order valence-corrected chi connectivity index (χ0v) is 10.1. The highest BCUT2D eigenvalue weighted by molar-refractivity contribution is 5.41. The standard InChI is InChI=1S/C13H19NO2/c1-9-6-11(4-5-12(9)15-3)13(10(2)14)7-16-8-13/h4-6,10H,7-8,14H2,1-3H3. The van der Waals surface area contributed by atoms with Crippen molar-refractivity contribution < 1.29 is 9.47 Å². The Labute approximate surface area is 96.5 Å². The minimum absolute atomic E-state index is 0.00295. The quantitative estimate of drug-likeness (QED) is 0.843. The van der Waals surface area contributed by atoms with Gasteiger partial charge in [0.15, 0.2) is 0 Å². The molecule has 2 N–H and O–H groups in total. The minimum atomic E-state index is -0.00295. The molecule has 0 aromatic heterocycles. The zero-order valence-electron chi connectivity index (χ0n) is 10.1. The van der Waals surface area contributed by atoms with Crippen LogP contribution in [0.5, 0.6) is 5.75 Å². The summed E-state index contributed by atoms with van der Waals surface area (Å²) in [5.41, 5.74) is 8.47. The van der Waals surface area contributed by atoms with Crippen molar-refractivity contribution in [2.45, 2.75) is 25.3 Å². The molecule has 0 bridgehead atoms. The Hall–Kier alpha value is -1.06. The van der Waals surface area contributed by atoms with Crippen LogP contribution in [0.25, 0.3) is 0 Å². The molecular weight excluding hydrogens is 202 g/mol. The van der Waals surface area contributed by atoms with E-state index in [4.69, 9.17) is 15.2 Å². The van der Waals surface area contributed by atoms with E-state index in [1.165, 1.54) is 5.56 Å². The van der Waals surface area contributed by atoms with E-state index in [9.17, 15) is 0 Å². The molecule has 1 saturated heterocycles. The van der Waals surface area contributed by atoms with Gasteiger partial charge in [0.25, 0.3) is 0 Å². The third-order valence-corrected chi connectivity index (χ3v) is 3.56. The van der Waals surface area contributed by atoms with E-state index in [1.807, 2.05) is 13.0 Å². The first-order valence-electron chi connectivity index (χ1n) is 5.58. The Balaban J connectivity index is 2.37. The molecule has 0 aliphatic carbocycles.